The summed E-state index contributed by atoms with van der Waals surface area (Å²) in [5.41, 5.74) is 4.75. The average Bonchev–Trinajstić information content (AvgIpc) is 2.83. The number of halogens is 2. The van der Waals surface area contributed by atoms with Gasteiger partial charge in [-0.1, -0.05) is 53.5 Å². The smallest absolute Gasteiger partial charge is 0.260 e. The van der Waals surface area contributed by atoms with Crippen LogP contribution in [0.2, 0.25) is 10.0 Å². The summed E-state index contributed by atoms with van der Waals surface area (Å²) in [5.74, 6) is -0.899. The van der Waals surface area contributed by atoms with E-state index in [2.05, 4.69) is 15.8 Å². The maximum atomic E-state index is 12.5. The summed E-state index contributed by atoms with van der Waals surface area (Å²) in [6, 6.07) is 20.1. The normalized spacial score (nSPS) is 11.6. The molecule has 0 aromatic heterocycles. The third-order valence-electron chi connectivity index (χ3n) is 4.81. The first-order valence-corrected chi connectivity index (χ1v) is 12.9. The van der Waals surface area contributed by atoms with Gasteiger partial charge in [0.2, 0.25) is 10.0 Å². The second-order valence-electron chi connectivity index (χ2n) is 7.50. The molecule has 0 unspecified atom stereocenters. The molecule has 0 aliphatic heterocycles. The molecule has 0 radical (unpaired) electrons. The van der Waals surface area contributed by atoms with Crippen molar-refractivity contribution < 1.29 is 18.0 Å². The molecule has 0 aliphatic rings. The van der Waals surface area contributed by atoms with Crippen LogP contribution in [0.15, 0.2) is 77.9 Å². The average molecular weight is 533 g/mol. The van der Waals surface area contributed by atoms with Crippen LogP contribution in [0.5, 0.6) is 0 Å². The van der Waals surface area contributed by atoms with Crippen molar-refractivity contribution in [2.45, 2.75) is 6.92 Å². The van der Waals surface area contributed by atoms with E-state index in [1.807, 2.05) is 6.07 Å². The van der Waals surface area contributed by atoms with Crippen molar-refractivity contribution in [3.05, 3.63) is 94.0 Å². The fraction of sp³-hybridized carbons (Fsp3) is 0.125. The fourth-order valence-corrected chi connectivity index (χ4v) is 4.32. The Morgan fingerprint density at radius 1 is 0.943 bits per heavy atom. The number of sulfonamides is 1. The lowest BCUT2D eigenvalue weighted by molar-refractivity contribution is -0.119. The molecular formula is C24H22Cl2N4O4S. The Bertz CT molecular complexity index is 1360. The molecule has 0 heterocycles. The molecule has 0 bridgehead atoms. The van der Waals surface area contributed by atoms with Crippen molar-refractivity contribution in [1.82, 2.24) is 5.43 Å². The molecule has 182 valence electrons. The molecule has 0 saturated heterocycles. The number of hydrogen-bond acceptors (Lipinski definition) is 5. The number of carbonyl (C=O) groups excluding carboxylic acids is 2. The van der Waals surface area contributed by atoms with Crippen LogP contribution in [0.4, 0.5) is 11.4 Å². The predicted molar refractivity (Wildman–Crippen MR) is 140 cm³/mol. The lowest BCUT2D eigenvalue weighted by Crippen LogP contribution is -2.39. The Labute approximate surface area is 213 Å². The van der Waals surface area contributed by atoms with Gasteiger partial charge in [0.1, 0.15) is 6.54 Å². The molecule has 2 N–H and O–H groups in total. The van der Waals surface area contributed by atoms with Gasteiger partial charge in [-0.05, 0) is 55.0 Å². The van der Waals surface area contributed by atoms with Crippen molar-refractivity contribution in [2.75, 3.05) is 22.4 Å². The van der Waals surface area contributed by atoms with E-state index in [1.54, 1.807) is 55.5 Å². The van der Waals surface area contributed by atoms with Gasteiger partial charge in [-0.25, -0.2) is 13.8 Å². The summed E-state index contributed by atoms with van der Waals surface area (Å²) in [4.78, 5) is 24.7. The van der Waals surface area contributed by atoms with Gasteiger partial charge in [-0.2, -0.15) is 5.10 Å². The molecule has 2 amide bonds. The topological polar surface area (TPSA) is 108 Å². The van der Waals surface area contributed by atoms with Gasteiger partial charge in [0.15, 0.2) is 0 Å². The van der Waals surface area contributed by atoms with Gasteiger partial charge in [0, 0.05) is 16.3 Å². The van der Waals surface area contributed by atoms with Crippen LogP contribution in [0.3, 0.4) is 0 Å². The number of hydrazone groups is 1. The molecule has 8 nitrogen and oxygen atoms in total. The van der Waals surface area contributed by atoms with Gasteiger partial charge in [-0.15, -0.1) is 0 Å². The lowest BCUT2D eigenvalue weighted by Gasteiger charge is -2.22. The van der Waals surface area contributed by atoms with Crippen LogP contribution < -0.4 is 15.0 Å². The van der Waals surface area contributed by atoms with E-state index in [1.165, 1.54) is 18.2 Å². The number of benzene rings is 3. The van der Waals surface area contributed by atoms with Crippen molar-refractivity contribution in [3.63, 3.8) is 0 Å². The van der Waals surface area contributed by atoms with Gasteiger partial charge in [0.25, 0.3) is 11.8 Å². The third-order valence-corrected chi connectivity index (χ3v) is 6.49. The Balaban J connectivity index is 1.66. The first kappa shape index (κ1) is 26.2. The molecule has 35 heavy (non-hydrogen) atoms. The zero-order chi connectivity index (χ0) is 25.6. The van der Waals surface area contributed by atoms with Crippen LogP contribution in [0, 0.1) is 0 Å². The third kappa shape index (κ3) is 7.29. The quantitative estimate of drug-likeness (QED) is 0.327. The van der Waals surface area contributed by atoms with Gasteiger partial charge in [0.05, 0.1) is 22.7 Å². The van der Waals surface area contributed by atoms with Crippen LogP contribution in [0.25, 0.3) is 0 Å². The number of nitrogens with one attached hydrogen (secondary N) is 2. The minimum absolute atomic E-state index is 0.0886. The summed E-state index contributed by atoms with van der Waals surface area (Å²) >= 11 is 12.1. The van der Waals surface area contributed by atoms with Crippen molar-refractivity contribution >= 4 is 62.1 Å². The second kappa shape index (κ2) is 11.4. The zero-order valence-corrected chi connectivity index (χ0v) is 21.2. The number of anilines is 2. The minimum Gasteiger partial charge on any atom is -0.322 e. The Kier molecular flexibility index (Phi) is 8.50. The molecule has 3 rings (SSSR count). The molecule has 0 aliphatic carbocycles. The van der Waals surface area contributed by atoms with E-state index >= 15 is 0 Å². The second-order valence-corrected chi connectivity index (χ2v) is 10.2. The summed E-state index contributed by atoms with van der Waals surface area (Å²) in [6.45, 7) is 1.14. The van der Waals surface area contributed by atoms with Gasteiger partial charge < -0.3 is 5.32 Å². The lowest BCUT2D eigenvalue weighted by atomic mass is 10.1. The molecule has 0 spiro atoms. The van der Waals surface area contributed by atoms with E-state index in [-0.39, 0.29) is 21.6 Å². The highest BCUT2D eigenvalue weighted by Gasteiger charge is 2.23. The van der Waals surface area contributed by atoms with Crippen LogP contribution in [-0.4, -0.2) is 38.7 Å². The largest absolute Gasteiger partial charge is 0.322 e. The summed E-state index contributed by atoms with van der Waals surface area (Å²) in [5, 5.41) is 7.26. The number of nitrogens with zero attached hydrogens (tertiary/aromatic N) is 2. The first-order chi connectivity index (χ1) is 16.5. The Morgan fingerprint density at radius 3 is 2.23 bits per heavy atom. The molecule has 0 atom stereocenters. The number of rotatable bonds is 8. The van der Waals surface area contributed by atoms with E-state index in [4.69, 9.17) is 23.2 Å². The van der Waals surface area contributed by atoms with Crippen LogP contribution in [0.1, 0.15) is 22.8 Å². The van der Waals surface area contributed by atoms with Crippen LogP contribution in [-0.2, 0) is 14.8 Å². The van der Waals surface area contributed by atoms with Crippen LogP contribution >= 0.6 is 23.2 Å². The van der Waals surface area contributed by atoms with E-state index in [0.717, 1.165) is 10.6 Å². The highest BCUT2D eigenvalue weighted by Crippen LogP contribution is 2.30. The highest BCUT2D eigenvalue weighted by atomic mass is 35.5. The molecule has 3 aromatic rings. The maximum absolute atomic E-state index is 12.5. The standard InChI is InChI=1S/C24H22Cl2N4O4S/c1-16(17-8-11-20(12-9-17)27-24(32)18-6-4-3-5-7-18)28-29-23(31)15-30(35(2,33)34)22-14-19(25)10-13-21(22)26/h3-14H,15H2,1-2H3,(H,27,32)(H,29,31)/b28-16-. The molecule has 11 heteroatoms. The predicted octanol–water partition coefficient (Wildman–Crippen LogP) is 4.55. The maximum Gasteiger partial charge on any atom is 0.260 e. The Morgan fingerprint density at radius 2 is 1.60 bits per heavy atom. The SMILES string of the molecule is C/C(=N/NC(=O)CN(c1cc(Cl)ccc1Cl)S(C)(=O)=O)c1ccc(NC(=O)c2ccccc2)cc1. The monoisotopic (exact) mass is 532 g/mol. The van der Waals surface area contributed by atoms with E-state index in [9.17, 15) is 18.0 Å². The first-order valence-electron chi connectivity index (χ1n) is 10.3. The highest BCUT2D eigenvalue weighted by molar-refractivity contribution is 7.92. The summed E-state index contributed by atoms with van der Waals surface area (Å²) < 4.78 is 25.4. The zero-order valence-electron chi connectivity index (χ0n) is 18.8. The number of hydrogen-bond donors (Lipinski definition) is 2. The fourth-order valence-electron chi connectivity index (χ4n) is 3.02. The van der Waals surface area contributed by atoms with Crippen molar-refractivity contribution in [1.29, 1.82) is 0 Å². The number of carbonyl (C=O) groups is 2. The molecule has 0 fully saturated rings. The van der Waals surface area contributed by atoms with Crippen molar-refractivity contribution in [3.8, 4) is 0 Å². The summed E-state index contributed by atoms with van der Waals surface area (Å²) in [6.07, 6.45) is 0.962. The van der Waals surface area contributed by atoms with E-state index in [0.29, 0.717) is 22.5 Å². The number of amides is 2. The molecule has 3 aromatic carbocycles. The van der Waals surface area contributed by atoms with Gasteiger partial charge in [-0.3, -0.25) is 13.9 Å². The Hall–Kier alpha value is -3.40. The van der Waals surface area contributed by atoms with Gasteiger partial charge >= 0.3 is 0 Å². The van der Waals surface area contributed by atoms with Crippen molar-refractivity contribution in [2.24, 2.45) is 5.10 Å². The molecule has 0 saturated carbocycles. The minimum atomic E-state index is -3.83. The van der Waals surface area contributed by atoms with E-state index < -0.39 is 22.5 Å². The molecular weight excluding hydrogens is 511 g/mol. The summed E-state index contributed by atoms with van der Waals surface area (Å²) in [7, 11) is -3.83.